The fourth-order valence-corrected chi connectivity index (χ4v) is 5.56. The number of nitrogens with one attached hydrogen (secondary N) is 2. The molecule has 1 fully saturated rings. The van der Waals surface area contributed by atoms with Gasteiger partial charge in [-0.15, -0.1) is 0 Å². The third-order valence-corrected chi connectivity index (χ3v) is 7.74. The first-order valence-corrected chi connectivity index (χ1v) is 14.6. The molecule has 0 radical (unpaired) electrons. The van der Waals surface area contributed by atoms with Crippen molar-refractivity contribution < 1.29 is 14.3 Å². The molecule has 1 aliphatic rings. The summed E-state index contributed by atoms with van der Waals surface area (Å²) in [5, 5.41) is 7.79. The van der Waals surface area contributed by atoms with Crippen molar-refractivity contribution in [2.45, 2.75) is 38.8 Å². The minimum absolute atomic E-state index is 0.139. The van der Waals surface area contributed by atoms with Crippen LogP contribution < -0.4 is 16.2 Å². The third kappa shape index (κ3) is 5.68. The number of hydrogen-bond acceptors (Lipinski definition) is 6. The van der Waals surface area contributed by atoms with Crippen molar-refractivity contribution in [3.8, 4) is 17.5 Å². The van der Waals surface area contributed by atoms with Crippen molar-refractivity contribution in [3.63, 3.8) is 0 Å². The Morgan fingerprint density at radius 3 is 2.68 bits per heavy atom. The van der Waals surface area contributed by atoms with E-state index in [0.717, 1.165) is 11.8 Å². The van der Waals surface area contributed by atoms with E-state index in [1.165, 1.54) is 0 Å². The number of amides is 2. The molecular formula is C35H31N5O4. The molecule has 1 unspecified atom stereocenters. The number of aryl methyl sites for hydroxylation is 1. The Labute approximate surface area is 254 Å². The zero-order valence-corrected chi connectivity index (χ0v) is 24.5. The monoisotopic (exact) mass is 585 g/mol. The fraction of sp³-hybridized carbons (Fsp3) is 0.229. The summed E-state index contributed by atoms with van der Waals surface area (Å²) in [5.41, 5.74) is 3.09. The third-order valence-electron chi connectivity index (χ3n) is 7.74. The highest BCUT2D eigenvalue weighted by atomic mass is 16.5. The topological polar surface area (TPSA) is 115 Å². The van der Waals surface area contributed by atoms with Gasteiger partial charge in [0, 0.05) is 41.3 Å². The Morgan fingerprint density at radius 1 is 1.07 bits per heavy atom. The highest BCUT2D eigenvalue weighted by Crippen LogP contribution is 2.25. The van der Waals surface area contributed by atoms with Crippen LogP contribution in [0.3, 0.4) is 0 Å². The predicted octanol–water partition coefficient (Wildman–Crippen LogP) is 4.38. The van der Waals surface area contributed by atoms with E-state index in [9.17, 15) is 14.4 Å². The molecule has 3 aromatic heterocycles. The molecular weight excluding hydrogens is 554 g/mol. The second kappa shape index (κ2) is 12.5. The number of nitrogens with zero attached hydrogens (tertiary/aromatic N) is 3. The second-order valence-electron chi connectivity index (χ2n) is 10.7. The summed E-state index contributed by atoms with van der Waals surface area (Å²) < 4.78 is 7.04. The largest absolute Gasteiger partial charge is 0.368 e. The van der Waals surface area contributed by atoms with Crippen LogP contribution in [0, 0.1) is 18.8 Å². The number of pyridine rings is 3. The van der Waals surface area contributed by atoms with Crippen LogP contribution in [-0.4, -0.2) is 45.6 Å². The SMILES string of the molecule is Cc1ncc2cccnc2c1C(=O)NC(C)c1cc2cccc(C#CCNC(=O)[C@H]3CCCO3)c2c(=O)n1-c1ccccc1. The number of carbonyl (C=O) groups excluding carboxylic acids is 2. The summed E-state index contributed by atoms with van der Waals surface area (Å²) in [5.74, 6) is 5.55. The van der Waals surface area contributed by atoms with Crippen LogP contribution in [0.15, 0.2) is 83.9 Å². The van der Waals surface area contributed by atoms with Gasteiger partial charge in [-0.3, -0.25) is 28.9 Å². The average Bonchev–Trinajstić information content (AvgIpc) is 3.58. The van der Waals surface area contributed by atoms with Gasteiger partial charge in [-0.25, -0.2) is 0 Å². The Balaban J connectivity index is 1.37. The molecule has 0 spiro atoms. The minimum atomic E-state index is -0.555. The highest BCUT2D eigenvalue weighted by Gasteiger charge is 2.24. The van der Waals surface area contributed by atoms with Crippen LogP contribution in [0.4, 0.5) is 0 Å². The van der Waals surface area contributed by atoms with Gasteiger partial charge in [0.2, 0.25) is 5.91 Å². The Morgan fingerprint density at radius 2 is 1.89 bits per heavy atom. The number of ether oxygens (including phenoxy) is 1. The minimum Gasteiger partial charge on any atom is -0.368 e. The van der Waals surface area contributed by atoms with E-state index in [-0.39, 0.29) is 23.9 Å². The number of fused-ring (bicyclic) bond motifs is 2. The standard InChI is InChI=1S/C35H31N5O4/c1-22(39-34(42)30-23(2)38-21-26-13-8-17-36-32(26)30)28-20-25-11-6-10-24(12-7-18-37-33(41)29-16-9-19-44-29)31(25)35(43)40(28)27-14-4-3-5-15-27/h3-6,8,10-11,13-15,17,20-22,29H,9,16,18-19H2,1-2H3,(H,37,41)(H,39,42)/t22?,29-/m1/s1. The molecule has 9 nitrogen and oxygen atoms in total. The summed E-state index contributed by atoms with van der Waals surface area (Å²) in [6.07, 6.45) is 4.50. The Kier molecular flexibility index (Phi) is 8.17. The van der Waals surface area contributed by atoms with Crippen LogP contribution in [-0.2, 0) is 9.53 Å². The van der Waals surface area contributed by atoms with Crippen LogP contribution in [0.2, 0.25) is 0 Å². The molecule has 9 heteroatoms. The number of carbonyl (C=O) groups is 2. The smallest absolute Gasteiger partial charge is 0.264 e. The van der Waals surface area contributed by atoms with Gasteiger partial charge in [-0.1, -0.05) is 42.2 Å². The van der Waals surface area contributed by atoms with Crippen molar-refractivity contribution >= 4 is 33.5 Å². The predicted molar refractivity (Wildman–Crippen MR) is 169 cm³/mol. The van der Waals surface area contributed by atoms with Gasteiger partial charge < -0.3 is 15.4 Å². The molecule has 44 heavy (non-hydrogen) atoms. The maximum atomic E-state index is 14.3. The fourth-order valence-electron chi connectivity index (χ4n) is 5.56. The van der Waals surface area contributed by atoms with Crippen molar-refractivity contribution in [1.82, 2.24) is 25.2 Å². The molecule has 6 rings (SSSR count). The summed E-state index contributed by atoms with van der Waals surface area (Å²) >= 11 is 0. The molecule has 0 aliphatic carbocycles. The number of hydrogen-bond donors (Lipinski definition) is 2. The van der Waals surface area contributed by atoms with E-state index in [0.29, 0.717) is 57.5 Å². The molecule has 220 valence electrons. The molecule has 1 aliphatic heterocycles. The summed E-state index contributed by atoms with van der Waals surface area (Å²) in [4.78, 5) is 49.0. The molecule has 4 heterocycles. The Hall–Kier alpha value is -5.33. The summed E-state index contributed by atoms with van der Waals surface area (Å²) in [6, 6.07) is 19.8. The first-order valence-electron chi connectivity index (χ1n) is 14.6. The molecule has 2 aromatic carbocycles. The Bertz CT molecular complexity index is 2000. The molecule has 2 atom stereocenters. The molecule has 2 N–H and O–H groups in total. The van der Waals surface area contributed by atoms with E-state index in [4.69, 9.17) is 4.74 Å². The highest BCUT2D eigenvalue weighted by molar-refractivity contribution is 6.06. The van der Waals surface area contributed by atoms with E-state index >= 15 is 0 Å². The second-order valence-corrected chi connectivity index (χ2v) is 10.7. The zero-order chi connectivity index (χ0) is 30.6. The summed E-state index contributed by atoms with van der Waals surface area (Å²) in [7, 11) is 0. The number of aromatic nitrogens is 3. The van der Waals surface area contributed by atoms with Gasteiger partial charge in [0.05, 0.1) is 34.7 Å². The number of para-hydroxylation sites is 1. The van der Waals surface area contributed by atoms with Gasteiger partial charge in [-0.2, -0.15) is 0 Å². The first kappa shape index (κ1) is 28.8. The lowest BCUT2D eigenvalue weighted by Gasteiger charge is -2.22. The van der Waals surface area contributed by atoms with Crippen molar-refractivity contribution in [3.05, 3.63) is 112 Å². The van der Waals surface area contributed by atoms with Gasteiger partial charge in [0.1, 0.15) is 6.10 Å². The van der Waals surface area contributed by atoms with E-state index in [2.05, 4.69) is 32.4 Å². The van der Waals surface area contributed by atoms with Crippen LogP contribution >= 0.6 is 0 Å². The normalized spacial score (nSPS) is 15.0. The van der Waals surface area contributed by atoms with Gasteiger partial charge in [0.25, 0.3) is 11.5 Å². The molecule has 2 amide bonds. The lowest BCUT2D eigenvalue weighted by molar-refractivity contribution is -0.129. The van der Waals surface area contributed by atoms with E-state index in [1.54, 1.807) is 36.0 Å². The van der Waals surface area contributed by atoms with Crippen LogP contribution in [0.25, 0.3) is 27.4 Å². The number of rotatable bonds is 6. The van der Waals surface area contributed by atoms with Crippen LogP contribution in [0.5, 0.6) is 0 Å². The van der Waals surface area contributed by atoms with E-state index < -0.39 is 12.1 Å². The maximum absolute atomic E-state index is 14.3. The van der Waals surface area contributed by atoms with Gasteiger partial charge in [-0.05, 0) is 68.5 Å². The molecule has 0 saturated carbocycles. The van der Waals surface area contributed by atoms with Gasteiger partial charge >= 0.3 is 0 Å². The summed E-state index contributed by atoms with van der Waals surface area (Å²) in [6.45, 7) is 4.36. The zero-order valence-electron chi connectivity index (χ0n) is 24.5. The maximum Gasteiger partial charge on any atom is 0.264 e. The van der Waals surface area contributed by atoms with Crippen molar-refractivity contribution in [2.75, 3.05) is 13.2 Å². The van der Waals surface area contributed by atoms with E-state index in [1.807, 2.05) is 61.5 Å². The molecule has 5 aromatic rings. The molecule has 0 bridgehead atoms. The van der Waals surface area contributed by atoms with Crippen molar-refractivity contribution in [2.24, 2.45) is 0 Å². The quantitative estimate of drug-likeness (QED) is 0.286. The first-order chi connectivity index (χ1) is 21.4. The molecule has 1 saturated heterocycles. The average molecular weight is 586 g/mol. The van der Waals surface area contributed by atoms with Crippen LogP contribution in [0.1, 0.15) is 53.1 Å². The lowest BCUT2D eigenvalue weighted by atomic mass is 10.0. The lowest BCUT2D eigenvalue weighted by Crippen LogP contribution is -2.34. The van der Waals surface area contributed by atoms with Gasteiger partial charge in [0.15, 0.2) is 0 Å². The van der Waals surface area contributed by atoms with Crippen molar-refractivity contribution in [1.29, 1.82) is 0 Å². The number of benzene rings is 2.